The fraction of sp³-hybridized carbons (Fsp3) is 1.00. The van der Waals surface area contributed by atoms with Gasteiger partial charge in [0.1, 0.15) is 6.10 Å². The van der Waals surface area contributed by atoms with Gasteiger partial charge in [-0.3, -0.25) is 0 Å². The Hall–Kier alpha value is -0.200. The Morgan fingerprint density at radius 1 is 1.15 bits per heavy atom. The van der Waals surface area contributed by atoms with Crippen LogP contribution in [-0.2, 0) is 0 Å². The summed E-state index contributed by atoms with van der Waals surface area (Å²) in [6.07, 6.45) is -2.46. The van der Waals surface area contributed by atoms with Crippen LogP contribution in [0.1, 0.15) is 19.8 Å². The maximum Gasteiger partial charge on any atom is 0.107 e. The topological polar surface area (TPSA) is 107 Å². The van der Waals surface area contributed by atoms with Crippen LogP contribution in [0.25, 0.3) is 0 Å². The van der Waals surface area contributed by atoms with Crippen LogP contribution in [0.5, 0.6) is 0 Å². The van der Waals surface area contributed by atoms with Crippen LogP contribution in [0.2, 0.25) is 0 Å². The Balaban J connectivity index is 3.99. The van der Waals surface area contributed by atoms with E-state index in [-0.39, 0.29) is 0 Å². The molecule has 13 heavy (non-hydrogen) atoms. The van der Waals surface area contributed by atoms with Crippen LogP contribution >= 0.6 is 0 Å². The number of rotatable bonds is 6. The normalized spacial score (nSPS) is 20.8. The largest absolute Gasteiger partial charge is 0.395 e. The smallest absolute Gasteiger partial charge is 0.107 e. The highest BCUT2D eigenvalue weighted by molar-refractivity contribution is 4.82. The molecule has 0 aromatic heterocycles. The maximum absolute atomic E-state index is 9.33. The van der Waals surface area contributed by atoms with Gasteiger partial charge in [0.05, 0.1) is 24.9 Å². The first-order chi connectivity index (χ1) is 6.04. The van der Waals surface area contributed by atoms with Gasteiger partial charge in [0, 0.05) is 0 Å². The van der Waals surface area contributed by atoms with E-state index < -0.39 is 31.0 Å². The molecule has 0 spiro atoms. The van der Waals surface area contributed by atoms with Gasteiger partial charge in [-0.25, -0.2) is 0 Å². The number of aliphatic hydroxyl groups excluding tert-OH is 4. The Bertz CT molecular complexity index is 133. The lowest BCUT2D eigenvalue weighted by Crippen LogP contribution is -2.49. The van der Waals surface area contributed by atoms with E-state index in [4.69, 9.17) is 10.8 Å². The summed E-state index contributed by atoms with van der Waals surface area (Å²) in [4.78, 5) is 0. The Morgan fingerprint density at radius 2 is 1.69 bits per heavy atom. The van der Waals surface area contributed by atoms with Crippen molar-refractivity contribution >= 4 is 0 Å². The quantitative estimate of drug-likeness (QED) is 0.342. The molecule has 4 atom stereocenters. The average Bonchev–Trinajstić information content (AvgIpc) is 2.14. The highest BCUT2D eigenvalue weighted by Crippen LogP contribution is 2.08. The molecule has 0 aliphatic rings. The molecule has 0 fully saturated rings. The van der Waals surface area contributed by atoms with E-state index in [1.54, 1.807) is 0 Å². The van der Waals surface area contributed by atoms with Crippen LogP contribution in [0.4, 0.5) is 0 Å². The molecule has 0 aromatic rings. The highest BCUT2D eigenvalue weighted by Gasteiger charge is 2.28. The summed E-state index contributed by atoms with van der Waals surface area (Å²) in [5.41, 5.74) is 5.28. The fourth-order valence-corrected chi connectivity index (χ4v) is 1.06. The molecule has 0 heterocycles. The van der Waals surface area contributed by atoms with E-state index in [0.717, 1.165) is 0 Å². The maximum atomic E-state index is 9.33. The Morgan fingerprint density at radius 3 is 2.08 bits per heavy atom. The third kappa shape index (κ3) is 4.02. The van der Waals surface area contributed by atoms with Crippen molar-refractivity contribution in [2.24, 2.45) is 5.73 Å². The van der Waals surface area contributed by atoms with E-state index in [2.05, 4.69) is 0 Å². The molecule has 5 nitrogen and oxygen atoms in total. The minimum absolute atomic E-state index is 0.399. The van der Waals surface area contributed by atoms with Gasteiger partial charge in [-0.1, -0.05) is 13.3 Å². The molecule has 0 unspecified atom stereocenters. The van der Waals surface area contributed by atoms with Crippen molar-refractivity contribution < 1.29 is 20.4 Å². The zero-order valence-electron chi connectivity index (χ0n) is 7.80. The summed E-state index contributed by atoms with van der Waals surface area (Å²) in [6, 6.07) is -0.915. The molecule has 0 aliphatic heterocycles. The van der Waals surface area contributed by atoms with Gasteiger partial charge in [0.25, 0.3) is 0 Å². The third-order valence-corrected chi connectivity index (χ3v) is 1.98. The summed E-state index contributed by atoms with van der Waals surface area (Å²) in [5, 5.41) is 36.5. The second-order valence-electron chi connectivity index (χ2n) is 3.18. The Kier molecular flexibility index (Phi) is 6.19. The van der Waals surface area contributed by atoms with E-state index >= 15 is 0 Å². The summed E-state index contributed by atoms with van der Waals surface area (Å²) in [5.74, 6) is 0. The van der Waals surface area contributed by atoms with Gasteiger partial charge >= 0.3 is 0 Å². The number of hydrogen-bond acceptors (Lipinski definition) is 5. The highest BCUT2D eigenvalue weighted by atomic mass is 16.4. The van der Waals surface area contributed by atoms with Crippen LogP contribution in [0.15, 0.2) is 0 Å². The lowest BCUT2D eigenvalue weighted by atomic mass is 9.99. The molecule has 6 N–H and O–H groups in total. The standard InChI is InChI=1S/C8H19NO4/c1-2-3-6(11)8(13)7(12)5(9)4-10/h5-8,10-13H,2-4,9H2,1H3/t5-,6+,7-,8-/m1/s1. The van der Waals surface area contributed by atoms with Crippen LogP contribution in [-0.4, -0.2) is 51.4 Å². The predicted molar refractivity (Wildman–Crippen MR) is 48.0 cm³/mol. The first kappa shape index (κ1) is 12.8. The molecule has 0 aromatic carbocycles. The van der Waals surface area contributed by atoms with Gasteiger partial charge < -0.3 is 26.2 Å². The van der Waals surface area contributed by atoms with Gasteiger partial charge in [-0.2, -0.15) is 0 Å². The summed E-state index contributed by atoms with van der Waals surface area (Å²) in [6.45, 7) is 1.44. The molecule has 80 valence electrons. The van der Waals surface area contributed by atoms with Crippen molar-refractivity contribution in [3.05, 3.63) is 0 Å². The number of aliphatic hydroxyl groups is 4. The first-order valence-corrected chi connectivity index (χ1v) is 4.45. The fourth-order valence-electron chi connectivity index (χ4n) is 1.06. The molecular weight excluding hydrogens is 174 g/mol. The molecular formula is C8H19NO4. The molecule has 0 bridgehead atoms. The predicted octanol–water partition coefficient (Wildman–Crippen LogP) is -1.81. The van der Waals surface area contributed by atoms with Gasteiger partial charge in [0.2, 0.25) is 0 Å². The van der Waals surface area contributed by atoms with Crippen LogP contribution < -0.4 is 5.73 Å². The second-order valence-corrected chi connectivity index (χ2v) is 3.18. The lowest BCUT2D eigenvalue weighted by molar-refractivity contribution is -0.0749. The molecule has 0 saturated heterocycles. The average molecular weight is 193 g/mol. The number of nitrogens with two attached hydrogens (primary N) is 1. The minimum Gasteiger partial charge on any atom is -0.395 e. The second kappa shape index (κ2) is 6.28. The monoisotopic (exact) mass is 193 g/mol. The summed E-state index contributed by atoms with van der Waals surface area (Å²) < 4.78 is 0. The van der Waals surface area contributed by atoms with Crippen molar-refractivity contribution in [2.45, 2.75) is 44.1 Å². The van der Waals surface area contributed by atoms with Gasteiger partial charge in [-0.05, 0) is 6.42 Å². The van der Waals surface area contributed by atoms with Crippen molar-refractivity contribution in [1.29, 1.82) is 0 Å². The van der Waals surface area contributed by atoms with Crippen molar-refractivity contribution in [2.75, 3.05) is 6.61 Å². The third-order valence-electron chi connectivity index (χ3n) is 1.98. The molecule has 0 saturated carbocycles. The number of hydrogen-bond donors (Lipinski definition) is 5. The van der Waals surface area contributed by atoms with Crippen LogP contribution in [0, 0.1) is 0 Å². The van der Waals surface area contributed by atoms with E-state index in [1.807, 2.05) is 6.92 Å². The molecule has 0 radical (unpaired) electrons. The van der Waals surface area contributed by atoms with Crippen molar-refractivity contribution in [3.8, 4) is 0 Å². The first-order valence-electron chi connectivity index (χ1n) is 4.45. The van der Waals surface area contributed by atoms with E-state index in [0.29, 0.717) is 12.8 Å². The van der Waals surface area contributed by atoms with Crippen molar-refractivity contribution in [1.82, 2.24) is 0 Å². The molecule has 0 aliphatic carbocycles. The van der Waals surface area contributed by atoms with Crippen molar-refractivity contribution in [3.63, 3.8) is 0 Å². The molecule has 0 rings (SSSR count). The van der Waals surface area contributed by atoms with E-state index in [1.165, 1.54) is 0 Å². The van der Waals surface area contributed by atoms with E-state index in [9.17, 15) is 15.3 Å². The van der Waals surface area contributed by atoms with Gasteiger partial charge in [-0.15, -0.1) is 0 Å². The molecule has 5 heteroatoms. The minimum atomic E-state index is -1.29. The Labute approximate surface area is 77.8 Å². The molecule has 0 amide bonds. The summed E-state index contributed by atoms with van der Waals surface area (Å²) in [7, 11) is 0. The lowest BCUT2D eigenvalue weighted by Gasteiger charge is -2.25. The summed E-state index contributed by atoms with van der Waals surface area (Å²) >= 11 is 0. The SMILES string of the molecule is CCC[C@H](O)[C@@H](O)[C@H](O)[C@H](N)CO. The van der Waals surface area contributed by atoms with Crippen LogP contribution in [0.3, 0.4) is 0 Å². The zero-order valence-corrected chi connectivity index (χ0v) is 7.80. The van der Waals surface area contributed by atoms with Gasteiger partial charge in [0.15, 0.2) is 0 Å². The zero-order chi connectivity index (χ0) is 10.4.